The third kappa shape index (κ3) is 4.28. The number of hydrogen-bond acceptors (Lipinski definition) is 7. The summed E-state index contributed by atoms with van der Waals surface area (Å²) in [5, 5.41) is 6.72. The van der Waals surface area contributed by atoms with E-state index in [1.165, 1.54) is 5.39 Å². The van der Waals surface area contributed by atoms with Crippen LogP contribution in [0, 0.1) is 6.92 Å². The Balaban J connectivity index is 1.19. The number of fused-ring (bicyclic) bond motifs is 1. The van der Waals surface area contributed by atoms with Crippen molar-refractivity contribution in [2.45, 2.75) is 25.8 Å². The molecule has 3 heterocycles. The lowest BCUT2D eigenvalue weighted by atomic mass is 10.1. The van der Waals surface area contributed by atoms with Crippen molar-refractivity contribution in [3.05, 3.63) is 70.9 Å². The number of thiophene rings is 1. The van der Waals surface area contributed by atoms with Crippen LogP contribution < -0.4 is 10.1 Å². The van der Waals surface area contributed by atoms with Gasteiger partial charge in [-0.05, 0) is 35.4 Å². The zero-order valence-corrected chi connectivity index (χ0v) is 18.9. The highest BCUT2D eigenvalue weighted by molar-refractivity contribution is 8.26. The average molecular weight is 465 g/mol. The maximum atomic E-state index is 11.7. The quantitative estimate of drug-likeness (QED) is 0.395. The molecule has 2 aromatic carbocycles. The number of nitrogens with one attached hydrogen (secondary N) is 1. The summed E-state index contributed by atoms with van der Waals surface area (Å²) in [7, 11) is 0. The molecule has 0 saturated carbocycles. The zero-order chi connectivity index (χ0) is 22.1. The number of benzene rings is 2. The lowest BCUT2D eigenvalue weighted by Crippen LogP contribution is -2.30. The number of rotatable bonds is 7. The van der Waals surface area contributed by atoms with Crippen LogP contribution in [0.3, 0.4) is 0 Å². The van der Waals surface area contributed by atoms with E-state index >= 15 is 0 Å². The molecule has 0 aliphatic carbocycles. The van der Waals surface area contributed by atoms with Gasteiger partial charge in [-0.15, -0.1) is 11.3 Å². The molecule has 0 spiro atoms. The predicted molar refractivity (Wildman–Crippen MR) is 126 cm³/mol. The van der Waals surface area contributed by atoms with Gasteiger partial charge >= 0.3 is 0 Å². The van der Waals surface area contributed by atoms with Gasteiger partial charge in [0.25, 0.3) is 5.24 Å². The number of oxazole rings is 1. The van der Waals surface area contributed by atoms with E-state index in [1.807, 2.05) is 43.3 Å². The highest BCUT2D eigenvalue weighted by Crippen LogP contribution is 2.35. The smallest absolute Gasteiger partial charge is 0.287 e. The molecule has 0 bridgehead atoms. The number of hydrogen-bond donors (Lipinski definition) is 1. The van der Waals surface area contributed by atoms with Crippen LogP contribution in [0.25, 0.3) is 21.5 Å². The number of ether oxygens (including phenoxy) is 1. The normalized spacial score (nSPS) is 16.0. The van der Waals surface area contributed by atoms with Crippen LogP contribution in [0.4, 0.5) is 4.79 Å². The van der Waals surface area contributed by atoms with E-state index in [0.29, 0.717) is 25.3 Å². The Morgan fingerprint density at radius 2 is 1.94 bits per heavy atom. The number of aryl methyl sites for hydroxylation is 1. The summed E-state index contributed by atoms with van der Waals surface area (Å²) < 4.78 is 11.8. The van der Waals surface area contributed by atoms with Gasteiger partial charge in [-0.2, -0.15) is 0 Å². The fourth-order valence-electron chi connectivity index (χ4n) is 3.67. The number of nitrogens with zero attached hydrogens (tertiary/aromatic N) is 1. The second-order valence-corrected chi connectivity index (χ2v) is 9.38. The number of carbonyl (C=O) groups is 2. The molecule has 1 amide bonds. The Hall–Kier alpha value is -3.10. The van der Waals surface area contributed by atoms with Crippen LogP contribution in [-0.2, 0) is 17.6 Å². The molecule has 1 aliphatic rings. The topological polar surface area (TPSA) is 81.4 Å². The van der Waals surface area contributed by atoms with Crippen molar-refractivity contribution in [2.24, 2.45) is 0 Å². The van der Waals surface area contributed by atoms with Gasteiger partial charge in [0.2, 0.25) is 11.0 Å². The van der Waals surface area contributed by atoms with Crippen molar-refractivity contribution in [3.63, 3.8) is 0 Å². The Bertz CT molecular complexity index is 1290. The monoisotopic (exact) mass is 464 g/mol. The number of amides is 1. The molecule has 1 fully saturated rings. The van der Waals surface area contributed by atoms with Gasteiger partial charge in [0.05, 0.1) is 17.2 Å². The molecular formula is C24H20N2O4S2. The maximum Gasteiger partial charge on any atom is 0.287 e. The second-order valence-electron chi connectivity index (χ2n) is 7.53. The maximum absolute atomic E-state index is 11.7. The molecule has 4 aromatic rings. The lowest BCUT2D eigenvalue weighted by Gasteiger charge is -2.09. The summed E-state index contributed by atoms with van der Waals surface area (Å²) in [4.78, 5) is 28.8. The molecule has 1 unspecified atom stereocenters. The predicted octanol–water partition coefficient (Wildman–Crippen LogP) is 5.38. The molecule has 6 nitrogen and oxygen atoms in total. The third-order valence-electron chi connectivity index (χ3n) is 5.34. The summed E-state index contributed by atoms with van der Waals surface area (Å²) in [6.45, 7) is 2.41. The molecule has 1 N–H and O–H groups in total. The lowest BCUT2D eigenvalue weighted by molar-refractivity contribution is -0.112. The van der Waals surface area contributed by atoms with Crippen molar-refractivity contribution in [1.82, 2.24) is 10.3 Å². The van der Waals surface area contributed by atoms with Crippen LogP contribution in [0.2, 0.25) is 0 Å². The highest BCUT2D eigenvalue weighted by atomic mass is 32.2. The second kappa shape index (κ2) is 8.80. The first-order chi connectivity index (χ1) is 15.6. The molecule has 5 rings (SSSR count). The van der Waals surface area contributed by atoms with Gasteiger partial charge in [0.1, 0.15) is 17.6 Å². The van der Waals surface area contributed by atoms with Gasteiger partial charge < -0.3 is 14.5 Å². The van der Waals surface area contributed by atoms with Gasteiger partial charge in [0.15, 0.2) is 0 Å². The minimum atomic E-state index is -0.455. The fraction of sp³-hybridized carbons (Fsp3) is 0.208. The summed E-state index contributed by atoms with van der Waals surface area (Å²) >= 11 is 2.37. The van der Waals surface area contributed by atoms with Gasteiger partial charge in [-0.3, -0.25) is 9.59 Å². The van der Waals surface area contributed by atoms with Crippen LogP contribution in [0.5, 0.6) is 5.75 Å². The average Bonchev–Trinajstić information content (AvgIpc) is 3.46. The summed E-state index contributed by atoms with van der Waals surface area (Å²) in [5.41, 5.74) is 1.86. The first kappa shape index (κ1) is 20.8. The van der Waals surface area contributed by atoms with Crippen LogP contribution in [0.1, 0.15) is 17.0 Å². The van der Waals surface area contributed by atoms with E-state index in [1.54, 1.807) is 11.3 Å². The largest absolute Gasteiger partial charge is 0.493 e. The van der Waals surface area contributed by atoms with Crippen LogP contribution >= 0.6 is 23.1 Å². The minimum absolute atomic E-state index is 0.131. The third-order valence-corrected chi connectivity index (χ3v) is 7.13. The van der Waals surface area contributed by atoms with Crippen molar-refractivity contribution in [3.8, 4) is 16.5 Å². The molecule has 1 aliphatic heterocycles. The first-order valence-electron chi connectivity index (χ1n) is 10.2. The Labute approximate surface area is 193 Å². The molecule has 32 heavy (non-hydrogen) atoms. The number of carbonyl (C=O) groups excluding carboxylic acids is 2. The van der Waals surface area contributed by atoms with Crippen molar-refractivity contribution < 1.29 is 18.7 Å². The Kier molecular flexibility index (Phi) is 5.71. The van der Waals surface area contributed by atoms with E-state index < -0.39 is 6.04 Å². The van der Waals surface area contributed by atoms with E-state index in [2.05, 4.69) is 22.8 Å². The summed E-state index contributed by atoms with van der Waals surface area (Å²) in [5.74, 6) is 2.20. The van der Waals surface area contributed by atoms with E-state index in [-0.39, 0.29) is 10.4 Å². The van der Waals surface area contributed by atoms with Crippen molar-refractivity contribution >= 4 is 44.2 Å². The SMILES string of the molecule is Cc1oc(-c2scc3ccccc23)nc1CCOc1ccc(CC2NC(=O)SC2=O)cc1. The van der Waals surface area contributed by atoms with Crippen LogP contribution in [-0.4, -0.2) is 28.0 Å². The van der Waals surface area contributed by atoms with Crippen molar-refractivity contribution in [2.75, 3.05) is 6.61 Å². The van der Waals surface area contributed by atoms with E-state index in [4.69, 9.17) is 14.1 Å². The molecule has 162 valence electrons. The van der Waals surface area contributed by atoms with Crippen LogP contribution in [0.15, 0.2) is 58.3 Å². The number of thioether (sulfide) groups is 1. The fourth-order valence-corrected chi connectivity index (χ4v) is 5.29. The molecule has 1 saturated heterocycles. The molecular weight excluding hydrogens is 444 g/mol. The summed E-state index contributed by atoms with van der Waals surface area (Å²) in [6.07, 6.45) is 1.12. The van der Waals surface area contributed by atoms with Gasteiger partial charge in [-0.1, -0.05) is 36.4 Å². The molecule has 0 radical (unpaired) electrons. The molecule has 2 aromatic heterocycles. The molecule has 8 heteroatoms. The standard InChI is InChI=1S/C24H20N2O4S2/c1-14-19(25-22(30-14)21-18-5-3-2-4-16(18)13-31-21)10-11-29-17-8-6-15(7-9-17)12-20-23(27)32-24(28)26-20/h2-9,13,20H,10-12H2,1H3,(H,26,28). The zero-order valence-electron chi connectivity index (χ0n) is 17.3. The number of aromatic nitrogens is 1. The van der Waals surface area contributed by atoms with Crippen molar-refractivity contribution in [1.29, 1.82) is 0 Å². The summed E-state index contributed by atoms with van der Waals surface area (Å²) in [6, 6.07) is 15.4. The Morgan fingerprint density at radius 3 is 2.72 bits per heavy atom. The van der Waals surface area contributed by atoms with E-state index in [0.717, 1.165) is 44.8 Å². The minimum Gasteiger partial charge on any atom is -0.493 e. The first-order valence-corrected chi connectivity index (χ1v) is 11.9. The van der Waals surface area contributed by atoms with E-state index in [9.17, 15) is 9.59 Å². The molecule has 1 atom stereocenters. The highest BCUT2D eigenvalue weighted by Gasteiger charge is 2.31. The Morgan fingerprint density at radius 1 is 1.12 bits per heavy atom. The van der Waals surface area contributed by atoms with Gasteiger partial charge in [-0.25, -0.2) is 4.98 Å². The van der Waals surface area contributed by atoms with Gasteiger partial charge in [0, 0.05) is 30.0 Å².